The first kappa shape index (κ1) is 11.2. The second kappa shape index (κ2) is 5.83. The molecule has 0 spiro atoms. The molecule has 4 nitrogen and oxygen atoms in total. The zero-order valence-corrected chi connectivity index (χ0v) is 7.99. The van der Waals surface area contributed by atoms with E-state index in [-0.39, 0.29) is 12.2 Å². The molecule has 2 unspecified atom stereocenters. The fraction of sp³-hybridized carbons (Fsp3) is 0.875. The molecule has 0 rings (SSSR count). The predicted molar refractivity (Wildman–Crippen MR) is 44.0 cm³/mol. The Morgan fingerprint density at radius 3 is 2.33 bits per heavy atom. The van der Waals surface area contributed by atoms with Crippen molar-refractivity contribution in [1.29, 1.82) is 0 Å². The van der Waals surface area contributed by atoms with Gasteiger partial charge in [-0.25, -0.2) is 4.79 Å². The third kappa shape index (κ3) is 4.18. The Morgan fingerprint density at radius 2 is 1.92 bits per heavy atom. The van der Waals surface area contributed by atoms with E-state index in [2.05, 4.69) is 4.74 Å². The zero-order chi connectivity index (χ0) is 9.56. The van der Waals surface area contributed by atoms with E-state index in [0.717, 1.165) is 0 Å². The molecule has 4 heteroatoms. The minimum Gasteiger partial charge on any atom is -0.435 e. The highest BCUT2D eigenvalue weighted by molar-refractivity contribution is 5.60. The highest BCUT2D eigenvalue weighted by atomic mass is 16.7. The minimum absolute atomic E-state index is 0.116. The Balaban J connectivity index is 3.67. The zero-order valence-electron chi connectivity index (χ0n) is 7.99. The summed E-state index contributed by atoms with van der Waals surface area (Å²) < 4.78 is 14.4. The van der Waals surface area contributed by atoms with Crippen molar-refractivity contribution in [3.63, 3.8) is 0 Å². The second-order valence-electron chi connectivity index (χ2n) is 2.45. The van der Waals surface area contributed by atoms with Gasteiger partial charge >= 0.3 is 6.16 Å². The number of rotatable bonds is 4. The van der Waals surface area contributed by atoms with Crippen LogP contribution in [0.3, 0.4) is 0 Å². The first-order valence-electron chi connectivity index (χ1n) is 3.98. The molecule has 0 N–H and O–H groups in total. The summed E-state index contributed by atoms with van der Waals surface area (Å²) in [6.07, 6.45) is -1.04. The van der Waals surface area contributed by atoms with E-state index >= 15 is 0 Å². The lowest BCUT2D eigenvalue weighted by Gasteiger charge is -2.18. The summed E-state index contributed by atoms with van der Waals surface area (Å²) in [5, 5.41) is 0. The van der Waals surface area contributed by atoms with Crippen LogP contribution in [0.1, 0.15) is 20.8 Å². The maximum atomic E-state index is 10.8. The summed E-state index contributed by atoms with van der Waals surface area (Å²) >= 11 is 0. The second-order valence-corrected chi connectivity index (χ2v) is 2.45. The number of carbonyl (C=O) groups excluding carboxylic acids is 1. The summed E-state index contributed by atoms with van der Waals surface area (Å²) in [6, 6.07) is 0. The molecular weight excluding hydrogens is 160 g/mol. The van der Waals surface area contributed by atoms with Gasteiger partial charge in [0.15, 0.2) is 0 Å². The number of carbonyl (C=O) groups is 1. The van der Waals surface area contributed by atoms with Crippen LogP contribution in [0.2, 0.25) is 0 Å². The molecule has 0 fully saturated rings. The molecule has 0 radical (unpaired) electrons. The van der Waals surface area contributed by atoms with Crippen LogP contribution in [0.5, 0.6) is 0 Å². The van der Waals surface area contributed by atoms with E-state index in [0.29, 0.717) is 6.61 Å². The predicted octanol–water partition coefficient (Wildman–Crippen LogP) is 1.58. The molecule has 0 bridgehead atoms. The summed E-state index contributed by atoms with van der Waals surface area (Å²) in [5.74, 6) is 0. The van der Waals surface area contributed by atoms with Gasteiger partial charge in [0.05, 0.1) is 12.7 Å². The lowest BCUT2D eigenvalue weighted by molar-refractivity contribution is -0.0316. The van der Waals surface area contributed by atoms with Crippen LogP contribution in [-0.2, 0) is 14.2 Å². The lowest BCUT2D eigenvalue weighted by Crippen LogP contribution is -2.27. The SMILES string of the molecule is CCOC(=O)OC(C)C(C)OC. The molecule has 12 heavy (non-hydrogen) atoms. The molecule has 0 amide bonds. The molecule has 0 aliphatic carbocycles. The van der Waals surface area contributed by atoms with Crippen molar-refractivity contribution in [2.75, 3.05) is 13.7 Å². The van der Waals surface area contributed by atoms with Crippen LogP contribution in [-0.4, -0.2) is 32.1 Å². The lowest BCUT2D eigenvalue weighted by atomic mass is 10.2. The molecule has 0 aromatic rings. The molecule has 2 atom stereocenters. The van der Waals surface area contributed by atoms with Gasteiger partial charge < -0.3 is 14.2 Å². The van der Waals surface area contributed by atoms with Gasteiger partial charge in [-0.05, 0) is 20.8 Å². The van der Waals surface area contributed by atoms with Gasteiger partial charge in [0.2, 0.25) is 0 Å². The number of ether oxygens (including phenoxy) is 3. The Kier molecular flexibility index (Phi) is 5.45. The summed E-state index contributed by atoms with van der Waals surface area (Å²) in [5.41, 5.74) is 0. The maximum absolute atomic E-state index is 10.8. The minimum atomic E-state index is -0.645. The van der Waals surface area contributed by atoms with Crippen LogP contribution in [0.4, 0.5) is 4.79 Å². The number of methoxy groups -OCH3 is 1. The van der Waals surface area contributed by atoms with Crippen molar-refractivity contribution in [1.82, 2.24) is 0 Å². The molecular formula is C8H16O4. The molecule has 0 saturated heterocycles. The Bertz CT molecular complexity index is 135. The van der Waals surface area contributed by atoms with Crippen molar-refractivity contribution in [2.45, 2.75) is 33.0 Å². The third-order valence-electron chi connectivity index (χ3n) is 1.58. The van der Waals surface area contributed by atoms with Crippen LogP contribution < -0.4 is 0 Å². The summed E-state index contributed by atoms with van der Waals surface area (Å²) in [4.78, 5) is 10.8. The van der Waals surface area contributed by atoms with Crippen molar-refractivity contribution < 1.29 is 19.0 Å². The van der Waals surface area contributed by atoms with Crippen molar-refractivity contribution in [3.8, 4) is 0 Å². The van der Waals surface area contributed by atoms with E-state index in [1.165, 1.54) is 0 Å². The smallest absolute Gasteiger partial charge is 0.435 e. The monoisotopic (exact) mass is 176 g/mol. The van der Waals surface area contributed by atoms with Crippen molar-refractivity contribution >= 4 is 6.16 Å². The Labute approximate surface area is 72.8 Å². The van der Waals surface area contributed by atoms with Crippen LogP contribution in [0.15, 0.2) is 0 Å². The first-order valence-corrected chi connectivity index (χ1v) is 3.98. The third-order valence-corrected chi connectivity index (χ3v) is 1.58. The van der Waals surface area contributed by atoms with Crippen LogP contribution in [0.25, 0.3) is 0 Å². The van der Waals surface area contributed by atoms with E-state index in [1.807, 2.05) is 6.92 Å². The standard InChI is InChI=1S/C8H16O4/c1-5-11-8(9)12-7(3)6(2)10-4/h6-7H,5H2,1-4H3. The highest BCUT2D eigenvalue weighted by Gasteiger charge is 2.16. The summed E-state index contributed by atoms with van der Waals surface area (Å²) in [6.45, 7) is 5.63. The Morgan fingerprint density at radius 1 is 1.33 bits per heavy atom. The van der Waals surface area contributed by atoms with Crippen molar-refractivity contribution in [2.24, 2.45) is 0 Å². The molecule has 0 aromatic carbocycles. The number of hydrogen-bond donors (Lipinski definition) is 0. The normalized spacial score (nSPS) is 15.0. The average molecular weight is 176 g/mol. The molecule has 0 aromatic heterocycles. The van der Waals surface area contributed by atoms with Gasteiger partial charge in [0.1, 0.15) is 6.10 Å². The fourth-order valence-corrected chi connectivity index (χ4v) is 0.591. The molecule has 0 aliphatic heterocycles. The molecule has 0 heterocycles. The van der Waals surface area contributed by atoms with Crippen LogP contribution in [0, 0.1) is 0 Å². The van der Waals surface area contributed by atoms with Gasteiger partial charge in [0.25, 0.3) is 0 Å². The largest absolute Gasteiger partial charge is 0.508 e. The van der Waals surface area contributed by atoms with Gasteiger partial charge in [-0.15, -0.1) is 0 Å². The number of hydrogen-bond acceptors (Lipinski definition) is 4. The van der Waals surface area contributed by atoms with E-state index < -0.39 is 6.16 Å². The topological polar surface area (TPSA) is 44.8 Å². The molecule has 72 valence electrons. The van der Waals surface area contributed by atoms with E-state index in [1.54, 1.807) is 21.0 Å². The van der Waals surface area contributed by atoms with Gasteiger partial charge in [0, 0.05) is 7.11 Å². The molecule has 0 saturated carbocycles. The fourth-order valence-electron chi connectivity index (χ4n) is 0.591. The van der Waals surface area contributed by atoms with Crippen LogP contribution >= 0.6 is 0 Å². The quantitative estimate of drug-likeness (QED) is 0.610. The highest BCUT2D eigenvalue weighted by Crippen LogP contribution is 2.02. The van der Waals surface area contributed by atoms with Gasteiger partial charge in [-0.2, -0.15) is 0 Å². The Hall–Kier alpha value is -0.770. The average Bonchev–Trinajstić information content (AvgIpc) is 2.03. The maximum Gasteiger partial charge on any atom is 0.508 e. The van der Waals surface area contributed by atoms with Gasteiger partial charge in [-0.1, -0.05) is 0 Å². The van der Waals surface area contributed by atoms with Gasteiger partial charge in [-0.3, -0.25) is 0 Å². The van der Waals surface area contributed by atoms with E-state index in [9.17, 15) is 4.79 Å². The first-order chi connectivity index (χ1) is 5.61. The summed E-state index contributed by atoms with van der Waals surface area (Å²) in [7, 11) is 1.57. The van der Waals surface area contributed by atoms with Crippen molar-refractivity contribution in [3.05, 3.63) is 0 Å². The van der Waals surface area contributed by atoms with E-state index in [4.69, 9.17) is 9.47 Å². The molecule has 0 aliphatic rings.